The molecule has 0 radical (unpaired) electrons. The van der Waals surface area contributed by atoms with Crippen molar-refractivity contribution in [3.05, 3.63) is 63.9 Å². The van der Waals surface area contributed by atoms with E-state index in [2.05, 4.69) is 61.0 Å². The molecule has 3 heteroatoms. The fraction of sp³-hybridized carbons (Fsp3) is 0.294. The van der Waals surface area contributed by atoms with Crippen LogP contribution in [-0.4, -0.2) is 0 Å². The number of hydrogen-bond acceptors (Lipinski definition) is 1. The summed E-state index contributed by atoms with van der Waals surface area (Å²) in [6, 6.07) is 13.8. The molecule has 0 saturated carbocycles. The Balaban J connectivity index is 2.04. The molecule has 0 aromatic heterocycles. The zero-order valence-electron chi connectivity index (χ0n) is 11.9. The van der Waals surface area contributed by atoms with E-state index in [9.17, 15) is 4.39 Å². The van der Waals surface area contributed by atoms with Crippen LogP contribution >= 0.6 is 27.7 Å². The number of hydrogen-bond donors (Lipinski definition) is 0. The standard InChI is InChI=1S/C17H18BrFS/c1-17(2,3)13-5-8-15(9-6-13)20-11-12-4-7-14(18)10-16(12)19/h4-10H,11H2,1-3H3. The van der Waals surface area contributed by atoms with Gasteiger partial charge >= 0.3 is 0 Å². The number of benzene rings is 2. The van der Waals surface area contributed by atoms with Crippen molar-refractivity contribution in [1.29, 1.82) is 0 Å². The van der Waals surface area contributed by atoms with Crippen LogP contribution in [0.1, 0.15) is 31.9 Å². The van der Waals surface area contributed by atoms with Crippen LogP contribution in [0, 0.1) is 5.82 Å². The molecular formula is C17H18BrFS. The van der Waals surface area contributed by atoms with E-state index < -0.39 is 0 Å². The molecule has 0 fully saturated rings. The summed E-state index contributed by atoms with van der Waals surface area (Å²) < 4.78 is 14.5. The van der Waals surface area contributed by atoms with Gasteiger partial charge in [0.05, 0.1) is 0 Å². The number of thioether (sulfide) groups is 1. The largest absolute Gasteiger partial charge is 0.207 e. The lowest BCUT2D eigenvalue weighted by Crippen LogP contribution is -2.10. The van der Waals surface area contributed by atoms with E-state index in [0.717, 1.165) is 10.0 Å². The molecule has 0 nitrogen and oxygen atoms in total. The van der Waals surface area contributed by atoms with E-state index in [-0.39, 0.29) is 11.2 Å². The van der Waals surface area contributed by atoms with Crippen molar-refractivity contribution in [1.82, 2.24) is 0 Å². The Hall–Kier alpha value is -0.800. The lowest BCUT2D eigenvalue weighted by atomic mass is 9.87. The van der Waals surface area contributed by atoms with Gasteiger partial charge in [0.15, 0.2) is 0 Å². The predicted molar refractivity (Wildman–Crippen MR) is 88.8 cm³/mol. The van der Waals surface area contributed by atoms with Crippen molar-refractivity contribution in [3.63, 3.8) is 0 Å². The van der Waals surface area contributed by atoms with E-state index >= 15 is 0 Å². The van der Waals surface area contributed by atoms with Gasteiger partial charge in [0.2, 0.25) is 0 Å². The Morgan fingerprint density at radius 1 is 1.05 bits per heavy atom. The average molecular weight is 353 g/mol. The molecule has 0 aliphatic rings. The SMILES string of the molecule is CC(C)(C)c1ccc(SCc2ccc(Br)cc2F)cc1. The third kappa shape index (κ3) is 4.10. The third-order valence-electron chi connectivity index (χ3n) is 3.13. The van der Waals surface area contributed by atoms with Crippen LogP contribution in [0.15, 0.2) is 51.8 Å². The van der Waals surface area contributed by atoms with Crippen LogP contribution in [0.4, 0.5) is 4.39 Å². The molecule has 0 spiro atoms. The van der Waals surface area contributed by atoms with E-state index in [1.807, 2.05) is 12.1 Å². The lowest BCUT2D eigenvalue weighted by Gasteiger charge is -2.19. The van der Waals surface area contributed by atoms with Gasteiger partial charge in [-0.3, -0.25) is 0 Å². The minimum Gasteiger partial charge on any atom is -0.207 e. The van der Waals surface area contributed by atoms with E-state index in [1.54, 1.807) is 11.8 Å². The first-order valence-corrected chi connectivity index (χ1v) is 8.31. The first-order chi connectivity index (χ1) is 9.36. The predicted octanol–water partition coefficient (Wildman–Crippen LogP) is 6.18. The maximum absolute atomic E-state index is 13.7. The Morgan fingerprint density at radius 3 is 2.25 bits per heavy atom. The molecule has 2 aromatic carbocycles. The van der Waals surface area contributed by atoms with Gasteiger partial charge in [0, 0.05) is 15.1 Å². The first kappa shape index (κ1) is 15.6. The van der Waals surface area contributed by atoms with Gasteiger partial charge in [0.25, 0.3) is 0 Å². The lowest BCUT2D eigenvalue weighted by molar-refractivity contribution is 0.590. The summed E-state index contributed by atoms with van der Waals surface area (Å²) >= 11 is 4.93. The highest BCUT2D eigenvalue weighted by Gasteiger charge is 2.13. The number of rotatable bonds is 3. The fourth-order valence-corrected chi connectivity index (χ4v) is 3.07. The molecule has 0 aliphatic heterocycles. The summed E-state index contributed by atoms with van der Waals surface area (Å²) in [5.41, 5.74) is 2.22. The third-order valence-corrected chi connectivity index (χ3v) is 4.68. The minimum atomic E-state index is -0.154. The Labute approximate surface area is 132 Å². The zero-order valence-corrected chi connectivity index (χ0v) is 14.3. The van der Waals surface area contributed by atoms with Gasteiger partial charge in [-0.25, -0.2) is 4.39 Å². The quantitative estimate of drug-likeness (QED) is 0.594. The molecule has 0 amide bonds. The summed E-state index contributed by atoms with van der Waals surface area (Å²) in [4.78, 5) is 1.17. The van der Waals surface area contributed by atoms with Gasteiger partial charge in [-0.15, -0.1) is 11.8 Å². The maximum atomic E-state index is 13.7. The Kier molecular flexibility index (Phi) is 4.92. The molecule has 0 aliphatic carbocycles. The maximum Gasteiger partial charge on any atom is 0.128 e. The Bertz CT molecular complexity index is 585. The zero-order chi connectivity index (χ0) is 14.8. The van der Waals surface area contributed by atoms with Crippen LogP contribution in [0.25, 0.3) is 0 Å². The molecule has 2 aromatic rings. The van der Waals surface area contributed by atoms with Crippen LogP contribution in [0.2, 0.25) is 0 Å². The molecule has 2 rings (SSSR count). The fourth-order valence-electron chi connectivity index (χ4n) is 1.85. The van der Waals surface area contributed by atoms with Crippen molar-refractivity contribution in [2.75, 3.05) is 0 Å². The molecular weight excluding hydrogens is 335 g/mol. The highest BCUT2D eigenvalue weighted by Crippen LogP contribution is 2.28. The van der Waals surface area contributed by atoms with Crippen LogP contribution in [-0.2, 0) is 11.2 Å². The van der Waals surface area contributed by atoms with Crippen molar-refractivity contribution in [2.45, 2.75) is 36.8 Å². The van der Waals surface area contributed by atoms with Crippen LogP contribution in [0.5, 0.6) is 0 Å². The second kappa shape index (κ2) is 6.31. The topological polar surface area (TPSA) is 0 Å². The second-order valence-electron chi connectivity index (χ2n) is 5.80. The van der Waals surface area contributed by atoms with Crippen molar-refractivity contribution in [3.8, 4) is 0 Å². The smallest absolute Gasteiger partial charge is 0.128 e. The van der Waals surface area contributed by atoms with E-state index in [1.165, 1.54) is 16.5 Å². The van der Waals surface area contributed by atoms with E-state index in [0.29, 0.717) is 5.75 Å². The van der Waals surface area contributed by atoms with Gasteiger partial charge in [-0.05, 0) is 40.8 Å². The molecule has 0 unspecified atom stereocenters. The van der Waals surface area contributed by atoms with Crippen LogP contribution < -0.4 is 0 Å². The molecule has 20 heavy (non-hydrogen) atoms. The second-order valence-corrected chi connectivity index (χ2v) is 7.76. The first-order valence-electron chi connectivity index (χ1n) is 6.53. The Morgan fingerprint density at radius 2 is 1.70 bits per heavy atom. The summed E-state index contributed by atoms with van der Waals surface area (Å²) in [5.74, 6) is 0.492. The molecule has 0 saturated heterocycles. The molecule has 106 valence electrons. The average Bonchev–Trinajstić information content (AvgIpc) is 2.37. The van der Waals surface area contributed by atoms with Gasteiger partial charge in [0.1, 0.15) is 5.82 Å². The summed E-state index contributed by atoms with van der Waals surface area (Å²) in [6.07, 6.45) is 0. The molecule has 0 atom stereocenters. The van der Waals surface area contributed by atoms with Crippen LogP contribution in [0.3, 0.4) is 0 Å². The normalized spacial score (nSPS) is 11.7. The van der Waals surface area contributed by atoms with Crippen molar-refractivity contribution < 1.29 is 4.39 Å². The van der Waals surface area contributed by atoms with Crippen molar-refractivity contribution >= 4 is 27.7 Å². The molecule has 0 N–H and O–H groups in total. The number of halogens is 2. The summed E-state index contributed by atoms with van der Waals surface area (Å²) in [7, 11) is 0. The van der Waals surface area contributed by atoms with Gasteiger partial charge < -0.3 is 0 Å². The summed E-state index contributed by atoms with van der Waals surface area (Å²) in [6.45, 7) is 6.60. The highest BCUT2D eigenvalue weighted by molar-refractivity contribution is 9.10. The summed E-state index contributed by atoms with van der Waals surface area (Å²) in [5, 5.41) is 0. The highest BCUT2D eigenvalue weighted by atomic mass is 79.9. The van der Waals surface area contributed by atoms with Gasteiger partial charge in [-0.2, -0.15) is 0 Å². The van der Waals surface area contributed by atoms with E-state index in [4.69, 9.17) is 0 Å². The molecule has 0 bridgehead atoms. The van der Waals surface area contributed by atoms with Crippen molar-refractivity contribution in [2.24, 2.45) is 0 Å². The minimum absolute atomic E-state index is 0.154. The molecule has 0 heterocycles. The van der Waals surface area contributed by atoms with Gasteiger partial charge in [-0.1, -0.05) is 54.9 Å². The monoisotopic (exact) mass is 352 g/mol.